The Morgan fingerprint density at radius 1 is 1.19 bits per heavy atom. The number of nitrogens with zero attached hydrogens (tertiary/aromatic N) is 2. The highest BCUT2D eigenvalue weighted by atomic mass is 16.2. The summed E-state index contributed by atoms with van der Waals surface area (Å²) in [5.74, 6) is 0.0746. The zero-order valence-corrected chi connectivity index (χ0v) is 12.3. The lowest BCUT2D eigenvalue weighted by molar-refractivity contribution is -0.117. The maximum absolute atomic E-state index is 12.1. The number of urea groups is 1. The highest BCUT2D eigenvalue weighted by molar-refractivity contribution is 5.96. The maximum Gasteiger partial charge on any atom is 0.317 e. The van der Waals surface area contributed by atoms with Crippen molar-refractivity contribution in [2.24, 2.45) is 0 Å². The van der Waals surface area contributed by atoms with Crippen molar-refractivity contribution in [3.05, 3.63) is 29.8 Å². The van der Waals surface area contributed by atoms with Crippen LogP contribution in [0.5, 0.6) is 0 Å². The molecule has 112 valence electrons. The van der Waals surface area contributed by atoms with Crippen molar-refractivity contribution in [3.63, 3.8) is 0 Å². The molecule has 1 aromatic carbocycles. The van der Waals surface area contributed by atoms with Crippen LogP contribution in [-0.4, -0.2) is 42.5 Å². The van der Waals surface area contributed by atoms with Gasteiger partial charge in [-0.3, -0.25) is 4.79 Å². The van der Waals surface area contributed by atoms with Crippen LogP contribution in [-0.2, 0) is 4.79 Å². The molecule has 2 fully saturated rings. The Labute approximate surface area is 124 Å². The van der Waals surface area contributed by atoms with Gasteiger partial charge in [-0.25, -0.2) is 4.79 Å². The zero-order chi connectivity index (χ0) is 14.8. The summed E-state index contributed by atoms with van der Waals surface area (Å²) in [6.07, 6.45) is 2.53. The van der Waals surface area contributed by atoms with Crippen molar-refractivity contribution < 1.29 is 9.59 Å². The lowest BCUT2D eigenvalue weighted by Crippen LogP contribution is -2.44. The van der Waals surface area contributed by atoms with Gasteiger partial charge in [-0.2, -0.15) is 0 Å². The maximum atomic E-state index is 12.1. The van der Waals surface area contributed by atoms with Gasteiger partial charge in [0.15, 0.2) is 0 Å². The van der Waals surface area contributed by atoms with Gasteiger partial charge in [0.2, 0.25) is 5.91 Å². The first-order chi connectivity index (χ1) is 10.1. The number of amides is 3. The van der Waals surface area contributed by atoms with Crippen LogP contribution in [0.25, 0.3) is 0 Å². The third-order valence-electron chi connectivity index (χ3n) is 4.19. The average Bonchev–Trinajstić information content (AvgIpc) is 3.10. The Morgan fingerprint density at radius 3 is 2.52 bits per heavy atom. The van der Waals surface area contributed by atoms with Crippen molar-refractivity contribution in [1.29, 1.82) is 0 Å². The largest absolute Gasteiger partial charge is 0.333 e. The van der Waals surface area contributed by atoms with Crippen LogP contribution < -0.4 is 10.2 Å². The van der Waals surface area contributed by atoms with E-state index < -0.39 is 0 Å². The first kappa shape index (κ1) is 13.9. The fraction of sp³-hybridized carbons (Fsp3) is 0.500. The van der Waals surface area contributed by atoms with Crippen LogP contribution in [0.2, 0.25) is 0 Å². The number of carbonyl (C=O) groups excluding carboxylic acids is 2. The molecule has 0 aromatic heterocycles. The highest BCUT2D eigenvalue weighted by Gasteiger charge is 2.32. The van der Waals surface area contributed by atoms with Gasteiger partial charge in [-0.15, -0.1) is 0 Å². The van der Waals surface area contributed by atoms with Gasteiger partial charge in [0, 0.05) is 31.7 Å². The first-order valence-electron chi connectivity index (χ1n) is 7.56. The molecule has 1 atom stereocenters. The number of hydrogen-bond donors (Lipinski definition) is 1. The van der Waals surface area contributed by atoms with Crippen molar-refractivity contribution in [1.82, 2.24) is 10.2 Å². The molecule has 2 saturated heterocycles. The van der Waals surface area contributed by atoms with Crippen LogP contribution in [0.1, 0.15) is 24.8 Å². The summed E-state index contributed by atoms with van der Waals surface area (Å²) >= 11 is 0. The van der Waals surface area contributed by atoms with E-state index in [-0.39, 0.29) is 18.0 Å². The van der Waals surface area contributed by atoms with Gasteiger partial charge < -0.3 is 15.1 Å². The van der Waals surface area contributed by atoms with Gasteiger partial charge >= 0.3 is 6.03 Å². The minimum atomic E-state index is -0.0908. The molecular formula is C16H21N3O2. The van der Waals surface area contributed by atoms with E-state index in [1.165, 1.54) is 5.56 Å². The fourth-order valence-electron chi connectivity index (χ4n) is 2.96. The molecule has 5 nitrogen and oxygen atoms in total. The van der Waals surface area contributed by atoms with Gasteiger partial charge in [0.25, 0.3) is 0 Å². The Kier molecular flexibility index (Phi) is 3.82. The SMILES string of the molecule is Cc1ccc(N2C[C@H](NC(=O)N3CCCC3)CC2=O)cc1. The molecule has 21 heavy (non-hydrogen) atoms. The molecule has 2 heterocycles. The van der Waals surface area contributed by atoms with E-state index in [0.717, 1.165) is 31.6 Å². The van der Waals surface area contributed by atoms with Gasteiger partial charge in [-0.05, 0) is 31.9 Å². The van der Waals surface area contributed by atoms with E-state index in [1.54, 1.807) is 4.90 Å². The van der Waals surface area contributed by atoms with Crippen molar-refractivity contribution in [2.45, 2.75) is 32.2 Å². The third kappa shape index (κ3) is 3.01. The number of benzene rings is 1. The highest BCUT2D eigenvalue weighted by Crippen LogP contribution is 2.22. The number of anilines is 1. The molecular weight excluding hydrogens is 266 g/mol. The topological polar surface area (TPSA) is 52.7 Å². The third-order valence-corrected chi connectivity index (χ3v) is 4.19. The fourth-order valence-corrected chi connectivity index (χ4v) is 2.96. The monoisotopic (exact) mass is 287 g/mol. The molecule has 5 heteroatoms. The van der Waals surface area contributed by atoms with Crippen molar-refractivity contribution in [3.8, 4) is 0 Å². The molecule has 2 aliphatic rings. The summed E-state index contributed by atoms with van der Waals surface area (Å²) in [6.45, 7) is 4.23. The van der Waals surface area contributed by atoms with Gasteiger partial charge in [0.1, 0.15) is 0 Å². The molecule has 0 saturated carbocycles. The molecule has 1 N–H and O–H groups in total. The smallest absolute Gasteiger partial charge is 0.317 e. The second-order valence-electron chi connectivity index (χ2n) is 5.88. The number of aryl methyl sites for hydroxylation is 1. The number of rotatable bonds is 2. The molecule has 0 radical (unpaired) electrons. The number of likely N-dealkylation sites (tertiary alicyclic amines) is 1. The summed E-state index contributed by atoms with van der Waals surface area (Å²) in [7, 11) is 0. The Morgan fingerprint density at radius 2 is 1.86 bits per heavy atom. The van der Waals surface area contributed by atoms with E-state index >= 15 is 0 Å². The van der Waals surface area contributed by atoms with Crippen molar-refractivity contribution >= 4 is 17.6 Å². The van der Waals surface area contributed by atoms with Crippen molar-refractivity contribution in [2.75, 3.05) is 24.5 Å². The molecule has 0 aliphatic carbocycles. The Hall–Kier alpha value is -2.04. The molecule has 3 rings (SSSR count). The number of nitrogens with one attached hydrogen (secondary N) is 1. The quantitative estimate of drug-likeness (QED) is 0.903. The van der Waals surface area contributed by atoms with Crippen LogP contribution >= 0.6 is 0 Å². The van der Waals surface area contributed by atoms with E-state index in [0.29, 0.717) is 13.0 Å². The summed E-state index contributed by atoms with van der Waals surface area (Å²) in [5, 5.41) is 2.99. The number of hydrogen-bond acceptors (Lipinski definition) is 2. The molecule has 0 bridgehead atoms. The molecule has 0 unspecified atom stereocenters. The van der Waals surface area contributed by atoms with E-state index in [2.05, 4.69) is 5.32 Å². The minimum absolute atomic E-state index is 0.0314. The molecule has 3 amide bonds. The lowest BCUT2D eigenvalue weighted by Gasteiger charge is -2.20. The summed E-state index contributed by atoms with van der Waals surface area (Å²) in [6, 6.07) is 7.79. The predicted octanol–water partition coefficient (Wildman–Crippen LogP) is 1.91. The van der Waals surface area contributed by atoms with E-state index in [4.69, 9.17) is 0 Å². The first-order valence-corrected chi connectivity index (χ1v) is 7.56. The standard InChI is InChI=1S/C16H21N3O2/c1-12-4-6-14(7-5-12)19-11-13(10-15(19)20)17-16(21)18-8-2-3-9-18/h4-7,13H,2-3,8-11H2,1H3,(H,17,21)/t13-/m1/s1. The summed E-state index contributed by atoms with van der Waals surface area (Å²) < 4.78 is 0. The Balaban J connectivity index is 1.61. The lowest BCUT2D eigenvalue weighted by atomic mass is 10.2. The van der Waals surface area contributed by atoms with Crippen LogP contribution in [0.3, 0.4) is 0 Å². The van der Waals surface area contributed by atoms with E-state index in [1.807, 2.05) is 36.1 Å². The van der Waals surface area contributed by atoms with Crippen LogP contribution in [0, 0.1) is 6.92 Å². The predicted molar refractivity (Wildman–Crippen MR) is 81.3 cm³/mol. The zero-order valence-electron chi connectivity index (χ0n) is 12.3. The second kappa shape index (κ2) is 5.76. The molecule has 2 aliphatic heterocycles. The van der Waals surface area contributed by atoms with Gasteiger partial charge in [-0.1, -0.05) is 17.7 Å². The normalized spacial score (nSPS) is 22.0. The van der Waals surface area contributed by atoms with Gasteiger partial charge in [0.05, 0.1) is 6.04 Å². The van der Waals surface area contributed by atoms with Crippen LogP contribution in [0.15, 0.2) is 24.3 Å². The minimum Gasteiger partial charge on any atom is -0.333 e. The summed E-state index contributed by atoms with van der Waals surface area (Å²) in [4.78, 5) is 27.8. The average molecular weight is 287 g/mol. The molecule has 1 aromatic rings. The molecule has 0 spiro atoms. The van der Waals surface area contributed by atoms with Crippen LogP contribution in [0.4, 0.5) is 10.5 Å². The van der Waals surface area contributed by atoms with E-state index in [9.17, 15) is 9.59 Å². The summed E-state index contributed by atoms with van der Waals surface area (Å²) in [5.41, 5.74) is 2.08. The second-order valence-corrected chi connectivity index (χ2v) is 5.88. The number of carbonyl (C=O) groups is 2. The Bertz CT molecular complexity index is 535.